The van der Waals surface area contributed by atoms with Gasteiger partial charge in [0.25, 0.3) is 5.56 Å². The fourth-order valence-corrected chi connectivity index (χ4v) is 3.51. The third-order valence-corrected chi connectivity index (χ3v) is 5.18. The summed E-state index contributed by atoms with van der Waals surface area (Å²) in [5.74, 6) is 0.409. The normalized spacial score (nSPS) is 10.5. The lowest BCUT2D eigenvalue weighted by Crippen LogP contribution is -2.16. The molecule has 1 heterocycles. The average molecular weight is 436 g/mol. The molecule has 1 amide bonds. The average Bonchev–Trinajstić information content (AvgIpc) is 2.69. The zero-order valence-electron chi connectivity index (χ0n) is 14.7. The van der Waals surface area contributed by atoms with Crippen LogP contribution in [0.25, 0.3) is 11.3 Å². The van der Waals surface area contributed by atoms with Crippen LogP contribution in [0.1, 0.15) is 0 Å². The van der Waals surface area contributed by atoms with Crippen molar-refractivity contribution in [3.8, 4) is 17.0 Å². The van der Waals surface area contributed by atoms with Gasteiger partial charge in [0.1, 0.15) is 5.75 Å². The lowest BCUT2D eigenvalue weighted by atomic mass is 10.1. The summed E-state index contributed by atoms with van der Waals surface area (Å²) in [4.78, 5) is 31.2. The number of para-hydroxylation sites is 1. The number of thioether (sulfide) groups is 1. The number of H-pyrrole nitrogens is 1. The van der Waals surface area contributed by atoms with E-state index >= 15 is 0 Å². The quantitative estimate of drug-likeness (QED) is 0.440. The summed E-state index contributed by atoms with van der Waals surface area (Å²) in [6.07, 6.45) is 0. The van der Waals surface area contributed by atoms with Crippen molar-refractivity contribution in [1.29, 1.82) is 0 Å². The van der Waals surface area contributed by atoms with E-state index in [4.69, 9.17) is 27.9 Å². The molecule has 6 nitrogen and oxygen atoms in total. The second kappa shape index (κ2) is 9.14. The van der Waals surface area contributed by atoms with Crippen LogP contribution >= 0.6 is 35.0 Å². The molecule has 0 saturated heterocycles. The standard InChI is InChI=1S/C19H15Cl2N3O3S/c1-27-12-7-5-11(6-8-12)15-9-16(25)24-19(22-15)28-10-17(26)23-18-13(20)3-2-4-14(18)21/h2-9H,10H2,1H3,(H,23,26)(H,22,24,25). The Hall–Kier alpha value is -2.48. The third kappa shape index (κ3) is 5.07. The molecule has 0 atom stereocenters. The number of aromatic amines is 1. The molecular weight excluding hydrogens is 421 g/mol. The number of benzene rings is 2. The number of nitrogens with one attached hydrogen (secondary N) is 2. The highest BCUT2D eigenvalue weighted by Crippen LogP contribution is 2.30. The molecule has 9 heteroatoms. The Labute approximate surface area is 175 Å². The molecule has 0 saturated carbocycles. The van der Waals surface area contributed by atoms with E-state index in [0.717, 1.165) is 17.3 Å². The van der Waals surface area contributed by atoms with Crippen molar-refractivity contribution in [2.45, 2.75) is 5.16 Å². The minimum Gasteiger partial charge on any atom is -0.497 e. The molecule has 144 valence electrons. The van der Waals surface area contributed by atoms with E-state index in [1.807, 2.05) is 0 Å². The molecule has 0 bridgehead atoms. The van der Waals surface area contributed by atoms with Crippen LogP contribution in [0.2, 0.25) is 10.0 Å². The van der Waals surface area contributed by atoms with Crippen molar-refractivity contribution in [1.82, 2.24) is 9.97 Å². The Morgan fingerprint density at radius 2 is 1.86 bits per heavy atom. The van der Waals surface area contributed by atoms with Crippen molar-refractivity contribution in [3.63, 3.8) is 0 Å². The van der Waals surface area contributed by atoms with Gasteiger partial charge in [0.15, 0.2) is 5.16 Å². The fraction of sp³-hybridized carbons (Fsp3) is 0.105. The third-order valence-electron chi connectivity index (χ3n) is 3.67. The van der Waals surface area contributed by atoms with Crippen LogP contribution in [-0.2, 0) is 4.79 Å². The second-order valence-electron chi connectivity index (χ2n) is 5.60. The first-order valence-corrected chi connectivity index (χ1v) is 9.83. The van der Waals surface area contributed by atoms with Crippen molar-refractivity contribution < 1.29 is 9.53 Å². The highest BCUT2D eigenvalue weighted by atomic mass is 35.5. The summed E-state index contributed by atoms with van der Waals surface area (Å²) in [7, 11) is 1.58. The molecule has 2 N–H and O–H groups in total. The van der Waals surface area contributed by atoms with Crippen molar-refractivity contribution in [2.75, 3.05) is 18.2 Å². The lowest BCUT2D eigenvalue weighted by molar-refractivity contribution is -0.113. The number of rotatable bonds is 6. The Morgan fingerprint density at radius 1 is 1.18 bits per heavy atom. The largest absolute Gasteiger partial charge is 0.497 e. The van der Waals surface area contributed by atoms with E-state index in [2.05, 4.69) is 15.3 Å². The van der Waals surface area contributed by atoms with Gasteiger partial charge < -0.3 is 15.0 Å². The minimum atomic E-state index is -0.322. The summed E-state index contributed by atoms with van der Waals surface area (Å²) in [6, 6.07) is 13.5. The van der Waals surface area contributed by atoms with E-state index in [1.165, 1.54) is 6.07 Å². The Morgan fingerprint density at radius 3 is 2.50 bits per heavy atom. The minimum absolute atomic E-state index is 0.0244. The maximum absolute atomic E-state index is 12.2. The number of hydrogen-bond acceptors (Lipinski definition) is 5. The first-order valence-electron chi connectivity index (χ1n) is 8.08. The van der Waals surface area contributed by atoms with Crippen LogP contribution in [0.15, 0.2) is 58.5 Å². The van der Waals surface area contributed by atoms with E-state index < -0.39 is 0 Å². The molecule has 0 unspecified atom stereocenters. The molecule has 0 aliphatic heterocycles. The smallest absolute Gasteiger partial charge is 0.252 e. The van der Waals surface area contributed by atoms with Crippen LogP contribution in [0, 0.1) is 0 Å². The molecular formula is C19H15Cl2N3O3S. The molecule has 0 aliphatic carbocycles. The lowest BCUT2D eigenvalue weighted by Gasteiger charge is -2.09. The van der Waals surface area contributed by atoms with E-state index in [9.17, 15) is 9.59 Å². The second-order valence-corrected chi connectivity index (χ2v) is 7.38. The van der Waals surface area contributed by atoms with Crippen LogP contribution < -0.4 is 15.6 Å². The summed E-state index contributed by atoms with van der Waals surface area (Å²) >= 11 is 13.2. The summed E-state index contributed by atoms with van der Waals surface area (Å²) in [5.41, 5.74) is 1.31. The maximum atomic E-state index is 12.2. The number of nitrogens with zero attached hydrogens (tertiary/aromatic N) is 1. The van der Waals surface area contributed by atoms with Gasteiger partial charge >= 0.3 is 0 Å². The molecule has 3 rings (SSSR count). The van der Waals surface area contributed by atoms with Crippen LogP contribution in [-0.4, -0.2) is 28.7 Å². The number of carbonyl (C=O) groups excluding carboxylic acids is 1. The predicted octanol–water partition coefficient (Wildman–Crippen LogP) is 4.48. The van der Waals surface area contributed by atoms with Crippen LogP contribution in [0.3, 0.4) is 0 Å². The van der Waals surface area contributed by atoms with Crippen molar-refractivity contribution >= 4 is 46.6 Å². The van der Waals surface area contributed by atoms with Crippen molar-refractivity contribution in [2.24, 2.45) is 0 Å². The van der Waals surface area contributed by atoms with Gasteiger partial charge in [0.2, 0.25) is 5.91 Å². The molecule has 0 spiro atoms. The molecule has 0 aliphatic rings. The van der Waals surface area contributed by atoms with Crippen LogP contribution in [0.4, 0.5) is 5.69 Å². The van der Waals surface area contributed by atoms with Gasteiger partial charge in [-0.25, -0.2) is 4.98 Å². The number of ether oxygens (including phenoxy) is 1. The highest BCUT2D eigenvalue weighted by molar-refractivity contribution is 7.99. The molecule has 0 fully saturated rings. The van der Waals surface area contributed by atoms with Crippen molar-refractivity contribution in [3.05, 3.63) is 68.9 Å². The summed E-state index contributed by atoms with van der Waals surface area (Å²) in [5, 5.41) is 3.69. The molecule has 0 radical (unpaired) electrons. The van der Waals surface area contributed by atoms with Gasteiger partial charge in [-0.05, 0) is 36.4 Å². The molecule has 3 aromatic rings. The molecule has 1 aromatic heterocycles. The van der Waals surface area contributed by atoms with E-state index in [1.54, 1.807) is 49.6 Å². The van der Waals surface area contributed by atoms with Gasteiger partial charge in [-0.2, -0.15) is 0 Å². The number of hydrogen-bond donors (Lipinski definition) is 2. The Bertz CT molecular complexity index is 1030. The highest BCUT2D eigenvalue weighted by Gasteiger charge is 2.12. The number of aromatic nitrogens is 2. The monoisotopic (exact) mass is 435 g/mol. The summed E-state index contributed by atoms with van der Waals surface area (Å²) in [6.45, 7) is 0. The zero-order chi connectivity index (χ0) is 20.1. The van der Waals surface area contributed by atoms with Gasteiger partial charge in [-0.3, -0.25) is 9.59 Å². The van der Waals surface area contributed by atoms with Gasteiger partial charge in [-0.1, -0.05) is 41.0 Å². The molecule has 28 heavy (non-hydrogen) atoms. The first kappa shape index (κ1) is 20.3. The first-order chi connectivity index (χ1) is 13.5. The van der Waals surface area contributed by atoms with Crippen LogP contribution in [0.5, 0.6) is 5.75 Å². The van der Waals surface area contributed by atoms with E-state index in [0.29, 0.717) is 32.3 Å². The number of carbonyl (C=O) groups is 1. The molecule has 2 aromatic carbocycles. The SMILES string of the molecule is COc1ccc(-c2cc(=O)[nH]c(SCC(=O)Nc3c(Cl)cccc3Cl)n2)cc1. The fourth-order valence-electron chi connectivity index (χ4n) is 2.34. The Balaban J connectivity index is 1.71. The number of amides is 1. The predicted molar refractivity (Wildman–Crippen MR) is 113 cm³/mol. The Kier molecular flexibility index (Phi) is 6.61. The number of halogens is 2. The van der Waals surface area contributed by atoms with Gasteiger partial charge in [0, 0.05) is 11.6 Å². The van der Waals surface area contributed by atoms with Gasteiger partial charge in [-0.15, -0.1) is 0 Å². The maximum Gasteiger partial charge on any atom is 0.252 e. The topological polar surface area (TPSA) is 84.1 Å². The number of methoxy groups -OCH3 is 1. The number of anilines is 1. The van der Waals surface area contributed by atoms with E-state index in [-0.39, 0.29) is 17.2 Å². The van der Waals surface area contributed by atoms with Gasteiger partial charge in [0.05, 0.1) is 34.3 Å². The zero-order valence-corrected chi connectivity index (χ0v) is 17.0. The summed E-state index contributed by atoms with van der Waals surface area (Å²) < 4.78 is 5.13.